The van der Waals surface area contributed by atoms with Crippen LogP contribution < -0.4 is 5.73 Å². The smallest absolute Gasteiger partial charge is 0.384 e. The number of nitrogen functional groups attached to an aromatic ring is 1. The highest BCUT2D eigenvalue weighted by molar-refractivity contribution is 5.62. The molecule has 0 aliphatic heterocycles. The van der Waals surface area contributed by atoms with Gasteiger partial charge in [-0.3, -0.25) is 0 Å². The number of nitrogens with two attached hydrogens (primary N) is 1. The average Bonchev–Trinajstić information content (AvgIpc) is 2.27. The Balaban J connectivity index is 2.47. The second kappa shape index (κ2) is 4.25. The Morgan fingerprint density at radius 2 is 1.78 bits per heavy atom. The van der Waals surface area contributed by atoms with Crippen LogP contribution in [0.4, 0.5) is 23.4 Å². The molecule has 0 atom stereocenters. The minimum atomic E-state index is -4.71. The molecular weight excluding hydrogens is 250 g/mol. The zero-order chi connectivity index (χ0) is 13.3. The molecule has 1 aromatic heterocycles. The van der Waals surface area contributed by atoms with Gasteiger partial charge in [0.25, 0.3) is 0 Å². The summed E-state index contributed by atoms with van der Waals surface area (Å²) in [5, 5.41) is 0. The number of hydrogen-bond acceptors (Lipinski definition) is 3. The van der Waals surface area contributed by atoms with Crippen molar-refractivity contribution in [2.45, 2.75) is 6.18 Å². The Morgan fingerprint density at radius 1 is 1.06 bits per heavy atom. The molecule has 0 spiro atoms. The molecule has 2 aromatic rings. The monoisotopic (exact) mass is 257 g/mol. The minimum Gasteiger partial charge on any atom is -0.384 e. The Bertz CT molecular complexity index is 581. The summed E-state index contributed by atoms with van der Waals surface area (Å²) in [7, 11) is 0. The SMILES string of the molecule is Nc1cc(-c2ccc(C(F)(F)F)c(F)c2)ncn1. The van der Waals surface area contributed by atoms with E-state index in [1.807, 2.05) is 0 Å². The van der Waals surface area contributed by atoms with E-state index in [1.54, 1.807) is 0 Å². The summed E-state index contributed by atoms with van der Waals surface area (Å²) in [6.07, 6.45) is -3.56. The predicted octanol–water partition coefficient (Wildman–Crippen LogP) is 2.88. The van der Waals surface area contributed by atoms with Crippen LogP contribution in [0.2, 0.25) is 0 Å². The molecule has 1 aromatic carbocycles. The van der Waals surface area contributed by atoms with E-state index in [2.05, 4.69) is 9.97 Å². The highest BCUT2D eigenvalue weighted by Gasteiger charge is 2.33. The van der Waals surface area contributed by atoms with Gasteiger partial charge in [0.05, 0.1) is 11.3 Å². The fourth-order valence-electron chi connectivity index (χ4n) is 1.43. The molecular formula is C11H7F4N3. The summed E-state index contributed by atoms with van der Waals surface area (Å²) >= 11 is 0. The Hall–Kier alpha value is -2.18. The van der Waals surface area contributed by atoms with Gasteiger partial charge >= 0.3 is 6.18 Å². The molecule has 0 bridgehead atoms. The van der Waals surface area contributed by atoms with Crippen molar-refractivity contribution in [1.29, 1.82) is 0 Å². The molecule has 1 heterocycles. The van der Waals surface area contributed by atoms with Crippen LogP contribution in [0.5, 0.6) is 0 Å². The lowest BCUT2D eigenvalue weighted by atomic mass is 10.1. The molecule has 0 saturated carbocycles. The molecule has 3 nitrogen and oxygen atoms in total. The summed E-state index contributed by atoms with van der Waals surface area (Å²) in [6, 6.07) is 3.92. The molecule has 0 saturated heterocycles. The second-order valence-corrected chi connectivity index (χ2v) is 3.52. The summed E-state index contributed by atoms with van der Waals surface area (Å²) in [6.45, 7) is 0. The lowest BCUT2D eigenvalue weighted by molar-refractivity contribution is -0.139. The van der Waals surface area contributed by atoms with E-state index in [0.717, 1.165) is 18.5 Å². The molecule has 94 valence electrons. The van der Waals surface area contributed by atoms with E-state index in [9.17, 15) is 17.6 Å². The van der Waals surface area contributed by atoms with Crippen molar-refractivity contribution < 1.29 is 17.6 Å². The first kappa shape index (κ1) is 12.3. The molecule has 0 fully saturated rings. The fourth-order valence-corrected chi connectivity index (χ4v) is 1.43. The van der Waals surface area contributed by atoms with Crippen LogP contribution in [0, 0.1) is 5.82 Å². The first-order valence-electron chi connectivity index (χ1n) is 4.82. The maximum atomic E-state index is 13.3. The molecule has 0 aliphatic rings. The van der Waals surface area contributed by atoms with Gasteiger partial charge in [0.2, 0.25) is 0 Å². The van der Waals surface area contributed by atoms with Crippen LogP contribution >= 0.6 is 0 Å². The van der Waals surface area contributed by atoms with E-state index < -0.39 is 17.6 Å². The molecule has 0 unspecified atom stereocenters. The van der Waals surface area contributed by atoms with E-state index in [-0.39, 0.29) is 17.1 Å². The fraction of sp³-hybridized carbons (Fsp3) is 0.0909. The maximum absolute atomic E-state index is 13.3. The Labute approximate surface area is 99.3 Å². The largest absolute Gasteiger partial charge is 0.419 e. The molecule has 0 aliphatic carbocycles. The van der Waals surface area contributed by atoms with Crippen molar-refractivity contribution >= 4 is 5.82 Å². The summed E-state index contributed by atoms with van der Waals surface area (Å²) in [5.74, 6) is -1.20. The number of hydrogen-bond donors (Lipinski definition) is 1. The molecule has 0 radical (unpaired) electrons. The van der Waals surface area contributed by atoms with Gasteiger partial charge in [0.15, 0.2) is 0 Å². The number of benzene rings is 1. The van der Waals surface area contributed by atoms with Crippen molar-refractivity contribution in [1.82, 2.24) is 9.97 Å². The van der Waals surface area contributed by atoms with Crippen molar-refractivity contribution in [2.75, 3.05) is 5.73 Å². The number of rotatable bonds is 1. The first-order chi connectivity index (χ1) is 8.38. The van der Waals surface area contributed by atoms with Crippen molar-refractivity contribution in [3.05, 3.63) is 42.0 Å². The highest BCUT2D eigenvalue weighted by atomic mass is 19.4. The quantitative estimate of drug-likeness (QED) is 0.799. The zero-order valence-corrected chi connectivity index (χ0v) is 8.87. The van der Waals surface area contributed by atoms with Crippen LogP contribution in [-0.2, 0) is 6.18 Å². The Morgan fingerprint density at radius 3 is 2.33 bits per heavy atom. The van der Waals surface area contributed by atoms with Gasteiger partial charge in [-0.05, 0) is 12.1 Å². The third-order valence-corrected chi connectivity index (χ3v) is 2.26. The lowest BCUT2D eigenvalue weighted by Crippen LogP contribution is -2.08. The molecule has 18 heavy (non-hydrogen) atoms. The molecule has 2 N–H and O–H groups in total. The standard InChI is InChI=1S/C11H7F4N3/c12-8-3-6(1-2-7(8)11(13,14)15)9-4-10(16)18-5-17-9/h1-5H,(H2,16,17,18). The van der Waals surface area contributed by atoms with E-state index >= 15 is 0 Å². The van der Waals surface area contributed by atoms with Crippen molar-refractivity contribution in [3.8, 4) is 11.3 Å². The highest BCUT2D eigenvalue weighted by Crippen LogP contribution is 2.33. The lowest BCUT2D eigenvalue weighted by Gasteiger charge is -2.09. The second-order valence-electron chi connectivity index (χ2n) is 3.52. The van der Waals surface area contributed by atoms with Crippen LogP contribution in [0.3, 0.4) is 0 Å². The first-order valence-corrected chi connectivity index (χ1v) is 4.82. The molecule has 7 heteroatoms. The van der Waals surface area contributed by atoms with Crippen LogP contribution in [0.25, 0.3) is 11.3 Å². The number of halogens is 4. The molecule has 0 amide bonds. The van der Waals surface area contributed by atoms with Gasteiger partial charge in [-0.2, -0.15) is 13.2 Å². The Kier molecular flexibility index (Phi) is 2.90. The zero-order valence-electron chi connectivity index (χ0n) is 8.87. The summed E-state index contributed by atoms with van der Waals surface area (Å²) in [4.78, 5) is 7.44. The van der Waals surface area contributed by atoms with Crippen molar-refractivity contribution in [2.24, 2.45) is 0 Å². The van der Waals surface area contributed by atoms with Gasteiger partial charge < -0.3 is 5.73 Å². The van der Waals surface area contributed by atoms with Crippen LogP contribution in [0.15, 0.2) is 30.6 Å². The summed E-state index contributed by atoms with van der Waals surface area (Å²) < 4.78 is 50.4. The van der Waals surface area contributed by atoms with E-state index in [0.29, 0.717) is 6.07 Å². The van der Waals surface area contributed by atoms with Crippen LogP contribution in [-0.4, -0.2) is 9.97 Å². The van der Waals surface area contributed by atoms with Crippen molar-refractivity contribution in [3.63, 3.8) is 0 Å². The van der Waals surface area contributed by atoms with Gasteiger partial charge in [-0.25, -0.2) is 14.4 Å². The maximum Gasteiger partial charge on any atom is 0.419 e. The third-order valence-electron chi connectivity index (χ3n) is 2.26. The number of alkyl halides is 3. The average molecular weight is 257 g/mol. The van der Waals surface area contributed by atoms with Gasteiger partial charge in [0, 0.05) is 11.6 Å². The van der Waals surface area contributed by atoms with Crippen LogP contribution in [0.1, 0.15) is 5.56 Å². The minimum absolute atomic E-state index is 0.153. The topological polar surface area (TPSA) is 51.8 Å². The number of anilines is 1. The predicted molar refractivity (Wildman–Crippen MR) is 56.8 cm³/mol. The van der Waals surface area contributed by atoms with Gasteiger partial charge in [0.1, 0.15) is 18.0 Å². The normalized spacial score (nSPS) is 11.6. The molecule has 2 rings (SSSR count). The van der Waals surface area contributed by atoms with Gasteiger partial charge in [-0.15, -0.1) is 0 Å². The third kappa shape index (κ3) is 2.39. The number of aromatic nitrogens is 2. The van der Waals surface area contributed by atoms with E-state index in [1.165, 1.54) is 6.07 Å². The van der Waals surface area contributed by atoms with E-state index in [4.69, 9.17) is 5.73 Å². The summed E-state index contributed by atoms with van der Waals surface area (Å²) in [5.41, 5.74) is 4.56. The van der Waals surface area contributed by atoms with Gasteiger partial charge in [-0.1, -0.05) is 6.07 Å². The number of nitrogens with zero attached hydrogens (tertiary/aromatic N) is 2.